The maximum absolute atomic E-state index is 12.2. The monoisotopic (exact) mass is 343 g/mol. The number of rotatable bonds is 6. The van der Waals surface area contributed by atoms with E-state index in [4.69, 9.17) is 4.74 Å². The second-order valence-corrected chi connectivity index (χ2v) is 5.06. The van der Waals surface area contributed by atoms with Crippen LogP contribution in [0.2, 0.25) is 0 Å². The standard InChI is InChI=1S/C17H17N3O5/c1-2-10-25-15-9-4-3-8-14(15)17(22)19-18-16(21)12-6-5-7-13(11-12)20(23)24/h3-9,11H,2,10H2,1H3,(H,18,21)(H,19,22). The molecule has 2 aromatic rings. The number of amides is 2. The van der Waals surface area contributed by atoms with Gasteiger partial charge in [-0.2, -0.15) is 0 Å². The number of benzene rings is 2. The molecule has 8 heteroatoms. The Morgan fingerprint density at radius 2 is 1.80 bits per heavy atom. The number of hydrogen-bond acceptors (Lipinski definition) is 5. The van der Waals surface area contributed by atoms with Crippen molar-refractivity contribution in [1.82, 2.24) is 10.9 Å². The third-order valence-corrected chi connectivity index (χ3v) is 3.20. The first kappa shape index (κ1) is 17.9. The summed E-state index contributed by atoms with van der Waals surface area (Å²) in [7, 11) is 0. The van der Waals surface area contributed by atoms with Gasteiger partial charge in [-0.1, -0.05) is 25.1 Å². The molecule has 0 heterocycles. The molecule has 0 fully saturated rings. The first-order chi connectivity index (χ1) is 12.0. The molecule has 0 spiro atoms. The highest BCUT2D eigenvalue weighted by Crippen LogP contribution is 2.18. The fourth-order valence-corrected chi connectivity index (χ4v) is 2.01. The van der Waals surface area contributed by atoms with Gasteiger partial charge in [0.05, 0.1) is 17.1 Å². The van der Waals surface area contributed by atoms with Crippen LogP contribution in [0.15, 0.2) is 48.5 Å². The van der Waals surface area contributed by atoms with E-state index in [2.05, 4.69) is 10.9 Å². The molecule has 0 radical (unpaired) electrons. The van der Waals surface area contributed by atoms with E-state index in [1.165, 1.54) is 18.2 Å². The first-order valence-electron chi connectivity index (χ1n) is 7.60. The summed E-state index contributed by atoms with van der Waals surface area (Å²) in [6, 6.07) is 11.8. The molecule has 0 saturated heterocycles. The fraction of sp³-hybridized carbons (Fsp3) is 0.176. The van der Waals surface area contributed by atoms with Gasteiger partial charge in [0.15, 0.2) is 0 Å². The molecule has 0 aliphatic rings. The number of ether oxygens (including phenoxy) is 1. The van der Waals surface area contributed by atoms with Crippen molar-refractivity contribution in [3.05, 3.63) is 69.8 Å². The van der Waals surface area contributed by atoms with Gasteiger partial charge in [-0.3, -0.25) is 30.6 Å². The Labute approximate surface area is 143 Å². The van der Waals surface area contributed by atoms with Crippen LogP contribution in [0.5, 0.6) is 5.75 Å². The van der Waals surface area contributed by atoms with Crippen LogP contribution in [0.1, 0.15) is 34.1 Å². The molecule has 0 aliphatic heterocycles. The summed E-state index contributed by atoms with van der Waals surface area (Å²) in [5.41, 5.74) is 4.63. The lowest BCUT2D eigenvalue weighted by Crippen LogP contribution is -2.41. The molecule has 0 unspecified atom stereocenters. The van der Waals surface area contributed by atoms with Gasteiger partial charge in [-0.25, -0.2) is 0 Å². The SMILES string of the molecule is CCCOc1ccccc1C(=O)NNC(=O)c1cccc([N+](=O)[O-])c1. The van der Waals surface area contributed by atoms with Crippen LogP contribution in [-0.2, 0) is 0 Å². The van der Waals surface area contributed by atoms with E-state index in [1.54, 1.807) is 24.3 Å². The van der Waals surface area contributed by atoms with Crippen LogP contribution in [0.3, 0.4) is 0 Å². The minimum absolute atomic E-state index is 0.0602. The number of nitrogens with one attached hydrogen (secondary N) is 2. The second kappa shape index (κ2) is 8.44. The van der Waals surface area contributed by atoms with Crippen molar-refractivity contribution in [2.24, 2.45) is 0 Å². The molecule has 2 amide bonds. The molecule has 2 aromatic carbocycles. The summed E-state index contributed by atoms with van der Waals surface area (Å²) in [6.45, 7) is 2.41. The maximum Gasteiger partial charge on any atom is 0.273 e. The molecule has 8 nitrogen and oxygen atoms in total. The van der Waals surface area contributed by atoms with Crippen molar-refractivity contribution in [3.63, 3.8) is 0 Å². The largest absolute Gasteiger partial charge is 0.493 e. The van der Waals surface area contributed by atoms with Gasteiger partial charge in [-0.15, -0.1) is 0 Å². The molecule has 0 atom stereocenters. The lowest BCUT2D eigenvalue weighted by Gasteiger charge is -2.11. The molecule has 2 rings (SSSR count). The Morgan fingerprint density at radius 1 is 1.08 bits per heavy atom. The Hall–Kier alpha value is -3.42. The first-order valence-corrected chi connectivity index (χ1v) is 7.60. The number of non-ortho nitro benzene ring substituents is 1. The van der Waals surface area contributed by atoms with E-state index in [0.717, 1.165) is 12.5 Å². The Bertz CT molecular complexity index is 791. The summed E-state index contributed by atoms with van der Waals surface area (Å²) >= 11 is 0. The van der Waals surface area contributed by atoms with Gasteiger partial charge >= 0.3 is 0 Å². The fourth-order valence-electron chi connectivity index (χ4n) is 2.01. The van der Waals surface area contributed by atoms with Crippen LogP contribution in [0, 0.1) is 10.1 Å². The van der Waals surface area contributed by atoms with Gasteiger partial charge in [-0.05, 0) is 24.6 Å². The number of hydrazine groups is 1. The minimum Gasteiger partial charge on any atom is -0.493 e. The molecule has 0 aromatic heterocycles. The molecule has 0 aliphatic carbocycles. The van der Waals surface area contributed by atoms with Gasteiger partial charge in [0.2, 0.25) is 0 Å². The zero-order valence-corrected chi connectivity index (χ0v) is 13.5. The summed E-state index contributed by atoms with van der Waals surface area (Å²) in [6.07, 6.45) is 0.791. The van der Waals surface area contributed by atoms with Gasteiger partial charge in [0.25, 0.3) is 17.5 Å². The Kier molecular flexibility index (Phi) is 6.05. The lowest BCUT2D eigenvalue weighted by molar-refractivity contribution is -0.384. The number of nitrogens with zero attached hydrogens (tertiary/aromatic N) is 1. The van der Waals surface area contributed by atoms with Crippen molar-refractivity contribution in [1.29, 1.82) is 0 Å². The summed E-state index contributed by atoms with van der Waals surface area (Å²) in [4.78, 5) is 34.4. The number of nitro groups is 1. The van der Waals surface area contributed by atoms with Crippen molar-refractivity contribution in [2.45, 2.75) is 13.3 Å². The highest BCUT2D eigenvalue weighted by Gasteiger charge is 2.15. The van der Waals surface area contributed by atoms with E-state index < -0.39 is 16.7 Å². The predicted octanol–water partition coefficient (Wildman–Crippen LogP) is 2.46. The van der Waals surface area contributed by atoms with E-state index in [1.807, 2.05) is 6.92 Å². The van der Waals surface area contributed by atoms with E-state index in [0.29, 0.717) is 12.4 Å². The maximum atomic E-state index is 12.2. The summed E-state index contributed by atoms with van der Waals surface area (Å²) in [5.74, 6) is -0.805. The van der Waals surface area contributed by atoms with Crippen molar-refractivity contribution in [3.8, 4) is 5.75 Å². The molecular weight excluding hydrogens is 326 g/mol. The van der Waals surface area contributed by atoms with Crippen LogP contribution in [-0.4, -0.2) is 23.3 Å². The highest BCUT2D eigenvalue weighted by molar-refractivity contribution is 6.00. The van der Waals surface area contributed by atoms with E-state index in [-0.39, 0.29) is 16.8 Å². The minimum atomic E-state index is -0.663. The third-order valence-electron chi connectivity index (χ3n) is 3.20. The normalized spacial score (nSPS) is 9.96. The van der Waals surface area contributed by atoms with Crippen molar-refractivity contribution >= 4 is 17.5 Å². The summed E-state index contributed by atoms with van der Waals surface area (Å²) < 4.78 is 5.49. The third kappa shape index (κ3) is 4.77. The summed E-state index contributed by atoms with van der Waals surface area (Å²) in [5, 5.41) is 10.7. The molecule has 130 valence electrons. The second-order valence-electron chi connectivity index (χ2n) is 5.06. The quantitative estimate of drug-likeness (QED) is 0.618. The van der Waals surface area contributed by atoms with Gasteiger partial charge in [0.1, 0.15) is 5.75 Å². The number of carbonyl (C=O) groups excluding carboxylic acids is 2. The molecule has 0 saturated carbocycles. The number of carbonyl (C=O) groups is 2. The van der Waals surface area contributed by atoms with Crippen LogP contribution >= 0.6 is 0 Å². The average Bonchev–Trinajstić information content (AvgIpc) is 2.64. The highest BCUT2D eigenvalue weighted by atomic mass is 16.6. The average molecular weight is 343 g/mol. The zero-order valence-electron chi connectivity index (χ0n) is 13.5. The number of hydrogen-bond donors (Lipinski definition) is 2. The van der Waals surface area contributed by atoms with E-state index >= 15 is 0 Å². The Morgan fingerprint density at radius 3 is 2.52 bits per heavy atom. The molecule has 25 heavy (non-hydrogen) atoms. The van der Waals surface area contributed by atoms with Crippen LogP contribution in [0.25, 0.3) is 0 Å². The van der Waals surface area contributed by atoms with Crippen molar-refractivity contribution in [2.75, 3.05) is 6.61 Å². The molecule has 2 N–H and O–H groups in total. The predicted molar refractivity (Wildman–Crippen MR) is 90.3 cm³/mol. The smallest absolute Gasteiger partial charge is 0.273 e. The van der Waals surface area contributed by atoms with E-state index in [9.17, 15) is 19.7 Å². The lowest BCUT2D eigenvalue weighted by atomic mass is 10.2. The number of nitro benzene ring substituents is 1. The van der Waals surface area contributed by atoms with Crippen molar-refractivity contribution < 1.29 is 19.2 Å². The van der Waals surface area contributed by atoms with Gasteiger partial charge < -0.3 is 4.74 Å². The molecular formula is C17H17N3O5. The number of para-hydroxylation sites is 1. The van der Waals surface area contributed by atoms with Gasteiger partial charge in [0, 0.05) is 17.7 Å². The zero-order chi connectivity index (χ0) is 18.2. The molecule has 0 bridgehead atoms. The van der Waals surface area contributed by atoms with Crippen LogP contribution in [0.4, 0.5) is 5.69 Å². The topological polar surface area (TPSA) is 111 Å². The van der Waals surface area contributed by atoms with Crippen LogP contribution < -0.4 is 15.6 Å². The Balaban J connectivity index is 2.04.